The van der Waals surface area contributed by atoms with E-state index in [9.17, 15) is 15.0 Å². The van der Waals surface area contributed by atoms with Crippen LogP contribution >= 0.6 is 0 Å². The van der Waals surface area contributed by atoms with Gasteiger partial charge in [0.25, 0.3) is 0 Å². The Morgan fingerprint density at radius 2 is 1.86 bits per heavy atom. The van der Waals surface area contributed by atoms with E-state index in [1.165, 1.54) is 11.6 Å². The average molecular weight is 376 g/mol. The third-order valence-electron chi connectivity index (χ3n) is 6.11. The highest BCUT2D eigenvalue weighted by Crippen LogP contribution is 2.45. The first kappa shape index (κ1) is 19.9. The molecule has 2 aromatic rings. The maximum absolute atomic E-state index is 11.5. The second-order valence-corrected chi connectivity index (χ2v) is 8.20. The maximum atomic E-state index is 11.5. The minimum atomic E-state index is -1.11. The van der Waals surface area contributed by atoms with Gasteiger partial charge in [0, 0.05) is 11.5 Å². The van der Waals surface area contributed by atoms with Crippen molar-refractivity contribution in [1.29, 1.82) is 0 Å². The summed E-state index contributed by atoms with van der Waals surface area (Å²) in [4.78, 5) is 11.5. The molecule has 3 unspecified atom stereocenters. The molecule has 0 radical (unpaired) electrons. The van der Waals surface area contributed by atoms with Crippen molar-refractivity contribution in [2.45, 2.75) is 39.5 Å². The molecule has 0 aliphatic heterocycles. The van der Waals surface area contributed by atoms with Crippen LogP contribution in [-0.2, 0) is 0 Å². The molecule has 0 saturated carbocycles. The van der Waals surface area contributed by atoms with Crippen LogP contribution in [0.3, 0.4) is 0 Å². The molecule has 3 nitrogen and oxygen atoms in total. The monoisotopic (exact) mass is 376 g/mol. The second kappa shape index (κ2) is 8.05. The number of para-hydroxylation sites is 1. The van der Waals surface area contributed by atoms with Gasteiger partial charge < -0.3 is 10.2 Å². The minimum absolute atomic E-state index is 0.0336. The van der Waals surface area contributed by atoms with Gasteiger partial charge in [0.05, 0.1) is 0 Å². The molecular weight excluding hydrogens is 348 g/mol. The molecule has 2 aromatic carbocycles. The van der Waals surface area contributed by atoms with E-state index in [2.05, 4.69) is 51.1 Å². The zero-order valence-electron chi connectivity index (χ0n) is 16.7. The summed E-state index contributed by atoms with van der Waals surface area (Å²) in [5.41, 5.74) is 3.11. The Morgan fingerprint density at radius 3 is 2.50 bits per heavy atom. The van der Waals surface area contributed by atoms with Crippen molar-refractivity contribution in [2.75, 3.05) is 0 Å². The van der Waals surface area contributed by atoms with Crippen molar-refractivity contribution in [3.63, 3.8) is 0 Å². The van der Waals surface area contributed by atoms with Gasteiger partial charge >= 0.3 is 5.97 Å². The molecule has 0 bridgehead atoms. The first-order chi connectivity index (χ1) is 13.3. The van der Waals surface area contributed by atoms with E-state index < -0.39 is 5.97 Å². The summed E-state index contributed by atoms with van der Waals surface area (Å²) in [5, 5.41) is 20.1. The number of phenols is 1. The van der Waals surface area contributed by atoms with Crippen LogP contribution < -0.4 is 0 Å². The SMILES string of the molecule is CC1=CC=CC(C)(C(C)CC(c2ccccc2)c2cccc(C(=O)O)c2O)C1. The van der Waals surface area contributed by atoms with Crippen LogP contribution in [-0.4, -0.2) is 16.2 Å². The molecule has 1 aliphatic carbocycles. The van der Waals surface area contributed by atoms with Gasteiger partial charge in [-0.05, 0) is 42.7 Å². The first-order valence-electron chi connectivity index (χ1n) is 9.77. The molecule has 3 rings (SSSR count). The third-order valence-corrected chi connectivity index (χ3v) is 6.11. The lowest BCUT2D eigenvalue weighted by Gasteiger charge is -2.37. The van der Waals surface area contributed by atoms with Crippen molar-refractivity contribution in [3.05, 3.63) is 89.0 Å². The van der Waals surface area contributed by atoms with Crippen LogP contribution in [0.2, 0.25) is 0 Å². The molecule has 146 valence electrons. The number of rotatable bonds is 6. The highest BCUT2D eigenvalue weighted by molar-refractivity contribution is 5.91. The van der Waals surface area contributed by atoms with Crippen molar-refractivity contribution >= 4 is 5.97 Å². The average Bonchev–Trinajstić information content (AvgIpc) is 2.66. The van der Waals surface area contributed by atoms with Gasteiger partial charge in [0.15, 0.2) is 0 Å². The Balaban J connectivity index is 2.00. The van der Waals surface area contributed by atoms with Gasteiger partial charge in [-0.2, -0.15) is 0 Å². The molecule has 0 saturated heterocycles. The second-order valence-electron chi connectivity index (χ2n) is 8.20. The van der Waals surface area contributed by atoms with E-state index in [-0.39, 0.29) is 22.6 Å². The lowest BCUT2D eigenvalue weighted by Crippen LogP contribution is -2.26. The summed E-state index contributed by atoms with van der Waals surface area (Å²) in [6.07, 6.45) is 8.39. The Labute approximate surface area is 167 Å². The van der Waals surface area contributed by atoms with Crippen LogP contribution in [0.4, 0.5) is 0 Å². The van der Waals surface area contributed by atoms with Crippen LogP contribution in [0.15, 0.2) is 72.3 Å². The maximum Gasteiger partial charge on any atom is 0.339 e. The van der Waals surface area contributed by atoms with Crippen LogP contribution in [0, 0.1) is 11.3 Å². The lowest BCUT2D eigenvalue weighted by atomic mass is 9.67. The highest BCUT2D eigenvalue weighted by atomic mass is 16.4. The molecule has 0 amide bonds. The summed E-state index contributed by atoms with van der Waals surface area (Å²) in [7, 11) is 0. The number of hydrogen-bond donors (Lipinski definition) is 2. The van der Waals surface area contributed by atoms with Crippen molar-refractivity contribution in [2.24, 2.45) is 11.3 Å². The molecule has 0 fully saturated rings. The van der Waals surface area contributed by atoms with Gasteiger partial charge in [-0.1, -0.05) is 80.1 Å². The first-order valence-corrected chi connectivity index (χ1v) is 9.77. The Hall–Kier alpha value is -2.81. The molecule has 0 spiro atoms. The zero-order valence-corrected chi connectivity index (χ0v) is 16.7. The fourth-order valence-electron chi connectivity index (χ4n) is 4.26. The van der Waals surface area contributed by atoms with E-state index in [4.69, 9.17) is 0 Å². The van der Waals surface area contributed by atoms with Gasteiger partial charge in [-0.15, -0.1) is 0 Å². The lowest BCUT2D eigenvalue weighted by molar-refractivity contribution is 0.0693. The zero-order chi connectivity index (χ0) is 20.3. The molecule has 28 heavy (non-hydrogen) atoms. The summed E-state index contributed by atoms with van der Waals surface area (Å²) < 4.78 is 0. The van der Waals surface area contributed by atoms with Gasteiger partial charge in [-0.3, -0.25) is 0 Å². The number of hydrogen-bond acceptors (Lipinski definition) is 2. The fourth-order valence-corrected chi connectivity index (χ4v) is 4.26. The molecule has 0 aromatic heterocycles. The normalized spacial score (nSPS) is 21.0. The van der Waals surface area contributed by atoms with Crippen LogP contribution in [0.5, 0.6) is 5.75 Å². The van der Waals surface area contributed by atoms with Crippen molar-refractivity contribution in [1.82, 2.24) is 0 Å². The predicted octanol–water partition coefficient (Wildman–Crippen LogP) is 6.16. The van der Waals surface area contributed by atoms with Crippen LogP contribution in [0.1, 0.15) is 61.0 Å². The predicted molar refractivity (Wildman–Crippen MR) is 113 cm³/mol. The van der Waals surface area contributed by atoms with Crippen LogP contribution in [0.25, 0.3) is 0 Å². The highest BCUT2D eigenvalue weighted by Gasteiger charge is 2.33. The summed E-state index contributed by atoms with van der Waals surface area (Å²) in [5.74, 6) is -0.976. The van der Waals surface area contributed by atoms with Gasteiger partial charge in [0.1, 0.15) is 11.3 Å². The molecule has 1 aliphatic rings. The summed E-state index contributed by atoms with van der Waals surface area (Å²) in [6.45, 7) is 6.68. The minimum Gasteiger partial charge on any atom is -0.507 e. The number of carbonyl (C=O) groups is 1. The number of aromatic carboxylic acids is 1. The number of benzene rings is 2. The van der Waals surface area contributed by atoms with Crippen molar-refractivity contribution in [3.8, 4) is 5.75 Å². The van der Waals surface area contributed by atoms with Gasteiger partial charge in [-0.25, -0.2) is 4.79 Å². The quantitative estimate of drug-likeness (QED) is 0.634. The topological polar surface area (TPSA) is 57.5 Å². The fraction of sp³-hybridized carbons (Fsp3) is 0.320. The number of aromatic hydroxyl groups is 1. The van der Waals surface area contributed by atoms with E-state index in [0.29, 0.717) is 11.5 Å². The van der Waals surface area contributed by atoms with E-state index in [1.807, 2.05) is 24.3 Å². The standard InChI is InChI=1S/C25H28O3/c1-17-9-8-14-25(3,16-17)18(2)15-22(19-10-5-4-6-11-19)20-12-7-13-21(23(20)26)24(27)28/h4-14,18,22,26H,15-16H2,1-3H3,(H,27,28). The van der Waals surface area contributed by atoms with E-state index >= 15 is 0 Å². The number of carboxylic acid groups (broad SMARTS) is 1. The smallest absolute Gasteiger partial charge is 0.339 e. The summed E-state index contributed by atoms with van der Waals surface area (Å²) in [6, 6.07) is 15.1. The molecule has 3 atom stereocenters. The third kappa shape index (κ3) is 4.04. The largest absolute Gasteiger partial charge is 0.507 e. The molecule has 0 heterocycles. The molecular formula is C25H28O3. The number of carboxylic acids is 1. The van der Waals surface area contributed by atoms with Gasteiger partial charge in [0.2, 0.25) is 0 Å². The summed E-state index contributed by atoms with van der Waals surface area (Å²) >= 11 is 0. The Kier molecular flexibility index (Phi) is 5.73. The van der Waals surface area contributed by atoms with E-state index in [1.54, 1.807) is 6.07 Å². The number of allylic oxidation sites excluding steroid dienone is 4. The van der Waals surface area contributed by atoms with E-state index in [0.717, 1.165) is 18.4 Å². The van der Waals surface area contributed by atoms with Crippen molar-refractivity contribution < 1.29 is 15.0 Å². The molecule has 3 heteroatoms. The Morgan fingerprint density at radius 1 is 1.14 bits per heavy atom. The Bertz CT molecular complexity index is 911. The molecule has 2 N–H and O–H groups in total.